The summed E-state index contributed by atoms with van der Waals surface area (Å²) < 4.78 is 37.9. The third-order valence-corrected chi connectivity index (χ3v) is 2.71. The van der Waals surface area contributed by atoms with Crippen molar-refractivity contribution < 1.29 is 23.4 Å². The first-order valence-electron chi connectivity index (χ1n) is 4.73. The van der Waals surface area contributed by atoms with Crippen molar-refractivity contribution in [3.8, 4) is 5.75 Å². The van der Waals surface area contributed by atoms with Gasteiger partial charge in [-0.05, 0) is 18.6 Å². The molecular formula is C10H11BrF3NO2. The second-order valence-electron chi connectivity index (χ2n) is 3.51. The molecule has 1 aromatic rings. The van der Waals surface area contributed by atoms with Crippen LogP contribution in [0.5, 0.6) is 5.75 Å². The molecule has 0 fully saturated rings. The van der Waals surface area contributed by atoms with E-state index in [2.05, 4.69) is 15.9 Å². The average Bonchev–Trinajstić information content (AvgIpc) is 2.19. The number of rotatable bonds is 3. The fourth-order valence-electron chi connectivity index (χ4n) is 1.41. The molecule has 17 heavy (non-hydrogen) atoms. The van der Waals surface area contributed by atoms with E-state index in [1.165, 1.54) is 6.07 Å². The van der Waals surface area contributed by atoms with Crippen LogP contribution >= 0.6 is 15.9 Å². The lowest BCUT2D eigenvalue weighted by molar-refractivity contribution is -0.138. The van der Waals surface area contributed by atoms with Gasteiger partial charge < -0.3 is 15.9 Å². The summed E-state index contributed by atoms with van der Waals surface area (Å²) in [5.74, 6) is -0.887. The normalized spacial score (nSPS) is 13.8. The fourth-order valence-corrected chi connectivity index (χ4v) is 1.89. The van der Waals surface area contributed by atoms with E-state index >= 15 is 0 Å². The topological polar surface area (TPSA) is 66.5 Å². The van der Waals surface area contributed by atoms with Crippen LogP contribution in [0.1, 0.15) is 23.6 Å². The summed E-state index contributed by atoms with van der Waals surface area (Å²) in [5, 5.41) is 18.2. The Kier molecular flexibility index (Phi) is 4.40. The van der Waals surface area contributed by atoms with Gasteiger partial charge in [-0.2, -0.15) is 13.2 Å². The first kappa shape index (κ1) is 14.3. The third kappa shape index (κ3) is 3.34. The van der Waals surface area contributed by atoms with Gasteiger partial charge in [0.25, 0.3) is 0 Å². The molecule has 0 aliphatic heterocycles. The van der Waals surface area contributed by atoms with Crippen LogP contribution in [0.4, 0.5) is 13.2 Å². The Balaban J connectivity index is 3.28. The highest BCUT2D eigenvalue weighted by molar-refractivity contribution is 9.10. The molecule has 0 aliphatic carbocycles. The van der Waals surface area contributed by atoms with Crippen molar-refractivity contribution in [2.75, 3.05) is 6.61 Å². The Labute approximate surface area is 104 Å². The largest absolute Gasteiger partial charge is 0.507 e. The van der Waals surface area contributed by atoms with Crippen LogP contribution in [0.25, 0.3) is 0 Å². The van der Waals surface area contributed by atoms with E-state index in [9.17, 15) is 18.3 Å². The summed E-state index contributed by atoms with van der Waals surface area (Å²) in [6.07, 6.45) is -4.58. The van der Waals surface area contributed by atoms with E-state index < -0.39 is 23.5 Å². The Hall–Kier alpha value is -0.790. The molecule has 4 N–H and O–H groups in total. The van der Waals surface area contributed by atoms with Crippen molar-refractivity contribution in [3.63, 3.8) is 0 Å². The maximum Gasteiger partial charge on any atom is 0.420 e. The molecule has 0 heterocycles. The van der Waals surface area contributed by atoms with Crippen LogP contribution in [0, 0.1) is 0 Å². The molecule has 0 aromatic heterocycles. The van der Waals surface area contributed by atoms with Gasteiger partial charge in [0.05, 0.1) is 5.56 Å². The molecule has 96 valence electrons. The highest BCUT2D eigenvalue weighted by Gasteiger charge is 2.35. The lowest BCUT2D eigenvalue weighted by Gasteiger charge is -2.17. The Bertz CT molecular complexity index is 409. The summed E-state index contributed by atoms with van der Waals surface area (Å²) in [7, 11) is 0. The van der Waals surface area contributed by atoms with E-state index in [-0.39, 0.29) is 23.1 Å². The molecule has 1 aromatic carbocycles. The maximum absolute atomic E-state index is 12.6. The zero-order valence-electron chi connectivity index (χ0n) is 8.63. The van der Waals surface area contributed by atoms with Crippen molar-refractivity contribution in [2.24, 2.45) is 5.73 Å². The summed E-state index contributed by atoms with van der Waals surface area (Å²) >= 11 is 2.93. The van der Waals surface area contributed by atoms with E-state index in [0.717, 1.165) is 6.07 Å². The lowest BCUT2D eigenvalue weighted by atomic mass is 10.0. The first-order valence-corrected chi connectivity index (χ1v) is 5.52. The molecule has 0 bridgehead atoms. The second-order valence-corrected chi connectivity index (χ2v) is 4.42. The van der Waals surface area contributed by atoms with E-state index in [4.69, 9.17) is 10.8 Å². The van der Waals surface area contributed by atoms with E-state index in [1.54, 1.807) is 0 Å². The van der Waals surface area contributed by atoms with Gasteiger partial charge in [0.2, 0.25) is 0 Å². The van der Waals surface area contributed by atoms with Gasteiger partial charge >= 0.3 is 6.18 Å². The number of alkyl halides is 3. The number of benzene rings is 1. The van der Waals surface area contributed by atoms with Gasteiger partial charge in [0.1, 0.15) is 5.75 Å². The number of aromatic hydroxyl groups is 1. The Morgan fingerprint density at radius 3 is 2.41 bits per heavy atom. The third-order valence-electron chi connectivity index (χ3n) is 2.25. The number of halogens is 4. The first-order chi connectivity index (χ1) is 7.77. The summed E-state index contributed by atoms with van der Waals surface area (Å²) in [6.45, 7) is -0.269. The molecule has 0 unspecified atom stereocenters. The fraction of sp³-hybridized carbons (Fsp3) is 0.400. The number of phenols is 1. The number of hydrogen-bond donors (Lipinski definition) is 3. The molecule has 0 saturated heterocycles. The minimum Gasteiger partial charge on any atom is -0.507 e. The van der Waals surface area contributed by atoms with Crippen LogP contribution < -0.4 is 5.73 Å². The highest BCUT2D eigenvalue weighted by atomic mass is 79.9. The quantitative estimate of drug-likeness (QED) is 0.803. The van der Waals surface area contributed by atoms with Crippen LogP contribution in [0.2, 0.25) is 0 Å². The minimum atomic E-state index is -4.65. The molecule has 1 atom stereocenters. The molecular weight excluding hydrogens is 303 g/mol. The molecule has 0 spiro atoms. The van der Waals surface area contributed by atoms with Gasteiger partial charge in [0.15, 0.2) is 0 Å². The summed E-state index contributed by atoms with van der Waals surface area (Å²) in [5.41, 5.74) is 4.39. The van der Waals surface area contributed by atoms with Crippen LogP contribution in [0.15, 0.2) is 16.6 Å². The van der Waals surface area contributed by atoms with Gasteiger partial charge in [-0.15, -0.1) is 0 Å². The smallest absolute Gasteiger partial charge is 0.420 e. The predicted octanol–water partition coefficient (Wildman–Crippen LogP) is 2.56. The Morgan fingerprint density at radius 2 is 1.94 bits per heavy atom. The summed E-state index contributed by atoms with van der Waals surface area (Å²) in [6, 6.07) is 1.24. The van der Waals surface area contributed by atoms with Crippen LogP contribution in [-0.2, 0) is 6.18 Å². The highest BCUT2D eigenvalue weighted by Crippen LogP contribution is 2.41. The predicted molar refractivity (Wildman–Crippen MR) is 59.4 cm³/mol. The van der Waals surface area contributed by atoms with Gasteiger partial charge in [-0.1, -0.05) is 15.9 Å². The van der Waals surface area contributed by atoms with Crippen molar-refractivity contribution in [1.82, 2.24) is 0 Å². The molecule has 0 saturated carbocycles. The lowest BCUT2D eigenvalue weighted by Crippen LogP contribution is -2.14. The molecule has 0 aliphatic rings. The average molecular weight is 314 g/mol. The summed E-state index contributed by atoms with van der Waals surface area (Å²) in [4.78, 5) is 0. The van der Waals surface area contributed by atoms with Crippen molar-refractivity contribution in [2.45, 2.75) is 18.6 Å². The van der Waals surface area contributed by atoms with Gasteiger partial charge in [-0.3, -0.25) is 0 Å². The number of phenolic OH excluding ortho intramolecular Hbond substituents is 1. The van der Waals surface area contributed by atoms with E-state index in [1.807, 2.05) is 0 Å². The maximum atomic E-state index is 12.6. The van der Waals surface area contributed by atoms with Crippen molar-refractivity contribution >= 4 is 15.9 Å². The number of hydrogen-bond acceptors (Lipinski definition) is 3. The second kappa shape index (κ2) is 5.24. The number of aliphatic hydroxyl groups is 1. The standard InChI is InChI=1S/C10H11BrF3NO2/c11-5-3-6(8(15)1-2-16)9(17)7(4-5)10(12,13)14/h3-4,8,16-17H,1-2,15H2/t8-/m0/s1. The van der Waals surface area contributed by atoms with E-state index in [0.29, 0.717) is 0 Å². The molecule has 3 nitrogen and oxygen atoms in total. The Morgan fingerprint density at radius 1 is 1.35 bits per heavy atom. The molecule has 0 radical (unpaired) electrons. The monoisotopic (exact) mass is 313 g/mol. The van der Waals surface area contributed by atoms with Crippen molar-refractivity contribution in [3.05, 3.63) is 27.7 Å². The molecule has 7 heteroatoms. The number of aliphatic hydroxyl groups excluding tert-OH is 1. The van der Waals surface area contributed by atoms with Crippen LogP contribution in [-0.4, -0.2) is 16.8 Å². The van der Waals surface area contributed by atoms with Crippen molar-refractivity contribution in [1.29, 1.82) is 0 Å². The van der Waals surface area contributed by atoms with Crippen LogP contribution in [0.3, 0.4) is 0 Å². The SMILES string of the molecule is N[C@@H](CCO)c1cc(Br)cc(C(F)(F)F)c1O. The zero-order valence-corrected chi connectivity index (χ0v) is 10.2. The molecule has 1 rings (SSSR count). The van der Waals surface area contributed by atoms with Gasteiger partial charge in [-0.25, -0.2) is 0 Å². The minimum absolute atomic E-state index is 0.0410. The van der Waals surface area contributed by atoms with Gasteiger partial charge in [0, 0.05) is 22.7 Å². The number of nitrogens with two attached hydrogens (primary N) is 1. The zero-order chi connectivity index (χ0) is 13.2. The molecule has 0 amide bonds.